The molecule has 0 spiro atoms. The van der Waals surface area contributed by atoms with Crippen LogP contribution in [0.5, 0.6) is 0 Å². The van der Waals surface area contributed by atoms with Crippen LogP contribution in [-0.2, 0) is 24.5 Å². The summed E-state index contributed by atoms with van der Waals surface area (Å²) in [6.45, 7) is 2.78. The van der Waals surface area contributed by atoms with Gasteiger partial charge in [-0.15, -0.1) is 0 Å². The van der Waals surface area contributed by atoms with Gasteiger partial charge in [0, 0.05) is 29.2 Å². The molecule has 46 heavy (non-hydrogen) atoms. The highest BCUT2D eigenvalue weighted by Gasteiger charge is 2.68. The van der Waals surface area contributed by atoms with Gasteiger partial charge in [-0.3, -0.25) is 14.5 Å². The zero-order valence-corrected chi connectivity index (χ0v) is 27.0. The fourth-order valence-corrected chi connectivity index (χ4v) is 8.39. The number of amides is 1. The number of hydrogen-bond acceptors (Lipinski definition) is 7. The second kappa shape index (κ2) is 13.0. The van der Waals surface area contributed by atoms with E-state index in [9.17, 15) is 25.1 Å². The molecule has 1 unspecified atom stereocenters. The van der Waals surface area contributed by atoms with Crippen LogP contribution in [0, 0.1) is 28.4 Å². The van der Waals surface area contributed by atoms with E-state index in [-0.39, 0.29) is 40.8 Å². The van der Waals surface area contributed by atoms with E-state index in [0.717, 1.165) is 25.3 Å². The van der Waals surface area contributed by atoms with Crippen molar-refractivity contribution in [3.05, 3.63) is 69.2 Å². The van der Waals surface area contributed by atoms with Gasteiger partial charge in [0.15, 0.2) is 5.79 Å². The van der Waals surface area contributed by atoms with Gasteiger partial charge in [-0.1, -0.05) is 60.7 Å². The number of hydrogen-bond donors (Lipinski definition) is 3. The summed E-state index contributed by atoms with van der Waals surface area (Å²) in [4.78, 5) is 28.3. The summed E-state index contributed by atoms with van der Waals surface area (Å²) in [5, 5.41) is 32.9. The lowest BCUT2D eigenvalue weighted by atomic mass is 9.60. The topological polar surface area (TPSA) is 146 Å². The van der Waals surface area contributed by atoms with Crippen molar-refractivity contribution in [2.24, 2.45) is 11.1 Å². The molecule has 2 aromatic rings. The van der Waals surface area contributed by atoms with Crippen molar-refractivity contribution >= 4 is 35.1 Å². The number of primary amides is 1. The molecule has 2 saturated heterocycles. The highest BCUT2D eigenvalue weighted by Crippen LogP contribution is 2.59. The molecule has 4 N–H and O–H groups in total. The summed E-state index contributed by atoms with van der Waals surface area (Å²) >= 11 is 12.4. The molecule has 3 fully saturated rings. The lowest BCUT2D eigenvalue weighted by Crippen LogP contribution is -2.61. The molecular formula is C33H37Cl2F2N3O6. The van der Waals surface area contributed by atoms with E-state index in [1.807, 2.05) is 0 Å². The van der Waals surface area contributed by atoms with Crippen LogP contribution >= 0.6 is 23.2 Å². The monoisotopic (exact) mass is 679 g/mol. The number of likely N-dealkylation sites (tertiary alicyclic amines) is 1. The maximum Gasteiger partial charge on any atom is 0.321 e. The van der Waals surface area contributed by atoms with Gasteiger partial charge >= 0.3 is 5.97 Å². The van der Waals surface area contributed by atoms with E-state index in [1.165, 1.54) is 35.2 Å². The number of nitrogens with two attached hydrogens (primary N) is 1. The SMILES string of the molecule is CC1(C)OC[C@H](C(C(N)=O)N2[C@@H](CC3(CO)CCCCC3)[C@](C#N)(c3ccc(Cl)cc3F)[C@@H](c3cccc(Cl)c3F)[C@@H]2C(=O)O)O1. The van der Waals surface area contributed by atoms with Crippen molar-refractivity contribution in [1.82, 2.24) is 4.90 Å². The Morgan fingerprint density at radius 2 is 1.87 bits per heavy atom. The van der Waals surface area contributed by atoms with Gasteiger partial charge in [0.1, 0.15) is 35.2 Å². The molecular weight excluding hydrogens is 643 g/mol. The Kier molecular flexibility index (Phi) is 9.73. The standard InChI is InChI=1S/C33H37Cl2F2N3O6/c1-31(2)45-15-23(46-31)27(29(39)42)40-24(14-32(17-41)11-4-3-5-12-32)33(16-38,20-10-9-18(34)13-22(20)36)25(28(40)30(43)44)19-7-6-8-21(35)26(19)37/h6-10,13,23-25,27-28,41H,3-5,11-12,14-15,17H2,1-2H3,(H2,39,42)(H,43,44)/t23-,24+,25+,27?,28-,33+/m1/s1. The van der Waals surface area contributed by atoms with Crippen LogP contribution in [0.25, 0.3) is 0 Å². The Labute approximate surface area is 276 Å². The minimum absolute atomic E-state index is 0.0221. The number of carboxylic acids is 1. The molecule has 2 aromatic carbocycles. The summed E-state index contributed by atoms with van der Waals surface area (Å²) in [6.07, 6.45) is 2.34. The molecule has 1 saturated carbocycles. The van der Waals surface area contributed by atoms with Gasteiger partial charge in [-0.25, -0.2) is 8.78 Å². The van der Waals surface area contributed by atoms with Gasteiger partial charge < -0.3 is 25.4 Å². The maximum atomic E-state index is 16.2. The molecule has 1 aliphatic carbocycles. The Morgan fingerprint density at radius 1 is 1.17 bits per heavy atom. The lowest BCUT2D eigenvalue weighted by Gasteiger charge is -2.45. The molecule has 0 bridgehead atoms. The first-order valence-corrected chi connectivity index (χ1v) is 16.0. The van der Waals surface area contributed by atoms with Gasteiger partial charge in [0.25, 0.3) is 0 Å². The van der Waals surface area contributed by atoms with E-state index in [2.05, 4.69) is 6.07 Å². The zero-order chi connectivity index (χ0) is 33.6. The summed E-state index contributed by atoms with van der Waals surface area (Å²) < 4.78 is 44.2. The summed E-state index contributed by atoms with van der Waals surface area (Å²) in [6, 6.07) is 5.27. The molecule has 9 nitrogen and oxygen atoms in total. The first-order chi connectivity index (χ1) is 21.7. The van der Waals surface area contributed by atoms with Crippen molar-refractivity contribution in [1.29, 1.82) is 5.26 Å². The largest absolute Gasteiger partial charge is 0.480 e. The average molecular weight is 681 g/mol. The van der Waals surface area contributed by atoms with E-state index in [0.29, 0.717) is 12.8 Å². The second-order valence-electron chi connectivity index (χ2n) is 13.1. The normalized spacial score (nSPS) is 29.7. The van der Waals surface area contributed by atoms with Crippen molar-refractivity contribution in [3.8, 4) is 6.07 Å². The van der Waals surface area contributed by atoms with Crippen molar-refractivity contribution in [3.63, 3.8) is 0 Å². The van der Waals surface area contributed by atoms with Crippen LogP contribution < -0.4 is 5.73 Å². The molecule has 5 rings (SSSR count). The quantitative estimate of drug-likeness (QED) is 0.324. The summed E-state index contributed by atoms with van der Waals surface area (Å²) in [5.41, 5.74) is 2.56. The van der Waals surface area contributed by atoms with Crippen LogP contribution in [0.1, 0.15) is 69.4 Å². The molecule has 13 heteroatoms. The van der Waals surface area contributed by atoms with Crippen molar-refractivity contribution in [2.45, 2.75) is 93.7 Å². The number of aliphatic hydroxyl groups excluding tert-OH is 1. The molecule has 2 heterocycles. The molecule has 0 aromatic heterocycles. The van der Waals surface area contributed by atoms with Gasteiger partial charge in [0.05, 0.1) is 17.7 Å². The van der Waals surface area contributed by atoms with Crippen LogP contribution in [0.2, 0.25) is 10.0 Å². The third kappa shape index (κ3) is 5.89. The number of benzene rings is 2. The Balaban J connectivity index is 1.88. The number of aliphatic carboxylic acids is 1. The average Bonchev–Trinajstić information content (AvgIpc) is 3.49. The smallest absolute Gasteiger partial charge is 0.321 e. The Bertz CT molecular complexity index is 1550. The van der Waals surface area contributed by atoms with E-state index >= 15 is 8.78 Å². The van der Waals surface area contributed by atoms with Crippen LogP contribution in [0.4, 0.5) is 8.78 Å². The van der Waals surface area contributed by atoms with E-state index in [1.54, 1.807) is 13.8 Å². The predicted molar refractivity (Wildman–Crippen MR) is 165 cm³/mol. The third-order valence-corrected chi connectivity index (χ3v) is 10.5. The number of carbonyl (C=O) groups is 2. The van der Waals surface area contributed by atoms with E-state index in [4.69, 9.17) is 38.4 Å². The molecule has 1 amide bonds. The first-order valence-electron chi connectivity index (χ1n) is 15.2. The molecule has 2 aliphatic heterocycles. The number of halogens is 4. The number of aliphatic hydroxyl groups is 1. The number of carboxylic acid groups (broad SMARTS) is 1. The number of ether oxygens (including phenoxy) is 2. The molecule has 248 valence electrons. The third-order valence-electron chi connectivity index (χ3n) is 10.0. The lowest BCUT2D eigenvalue weighted by molar-refractivity contribution is -0.159. The first kappa shape index (κ1) is 34.5. The predicted octanol–water partition coefficient (Wildman–Crippen LogP) is 5.29. The van der Waals surface area contributed by atoms with Crippen LogP contribution in [0.3, 0.4) is 0 Å². The number of nitrogens with zero attached hydrogens (tertiary/aromatic N) is 2. The van der Waals surface area contributed by atoms with Gasteiger partial charge in [-0.05, 0) is 62.3 Å². The minimum atomic E-state index is -2.16. The van der Waals surface area contributed by atoms with Gasteiger partial charge in [-0.2, -0.15) is 5.26 Å². The van der Waals surface area contributed by atoms with E-state index < -0.39 is 70.3 Å². The Hall–Kier alpha value is -2.85. The van der Waals surface area contributed by atoms with Crippen molar-refractivity contribution in [2.75, 3.05) is 13.2 Å². The van der Waals surface area contributed by atoms with Gasteiger partial charge in [0.2, 0.25) is 5.91 Å². The van der Waals surface area contributed by atoms with Crippen LogP contribution in [0.15, 0.2) is 36.4 Å². The highest BCUT2D eigenvalue weighted by molar-refractivity contribution is 6.31. The molecule has 3 aliphatic rings. The minimum Gasteiger partial charge on any atom is -0.480 e. The second-order valence-corrected chi connectivity index (χ2v) is 14.0. The zero-order valence-electron chi connectivity index (χ0n) is 25.5. The number of rotatable bonds is 9. The van der Waals surface area contributed by atoms with Crippen LogP contribution in [-0.4, -0.2) is 70.2 Å². The summed E-state index contributed by atoms with van der Waals surface area (Å²) in [5.74, 6) is -7.16. The fourth-order valence-electron chi connectivity index (χ4n) is 8.04. The molecule has 6 atom stereocenters. The fraction of sp³-hybridized carbons (Fsp3) is 0.545. The Morgan fingerprint density at radius 3 is 2.41 bits per heavy atom. The molecule has 0 radical (unpaired) electrons. The highest BCUT2D eigenvalue weighted by atomic mass is 35.5. The maximum absolute atomic E-state index is 16.2. The number of carbonyl (C=O) groups excluding carboxylic acids is 1. The van der Waals surface area contributed by atoms with Crippen molar-refractivity contribution < 1.29 is 38.1 Å². The number of nitriles is 1. The summed E-state index contributed by atoms with van der Waals surface area (Å²) in [7, 11) is 0.